The van der Waals surface area contributed by atoms with Gasteiger partial charge in [-0.2, -0.15) is 11.8 Å². The van der Waals surface area contributed by atoms with Crippen molar-refractivity contribution in [1.29, 1.82) is 0 Å². The first-order chi connectivity index (χ1) is 15.3. The zero-order valence-electron chi connectivity index (χ0n) is 18.8. The first-order valence-corrected chi connectivity index (χ1v) is 11.6. The van der Waals surface area contributed by atoms with Gasteiger partial charge in [0, 0.05) is 6.42 Å². The van der Waals surface area contributed by atoms with E-state index in [0.717, 1.165) is 0 Å². The van der Waals surface area contributed by atoms with Crippen LogP contribution in [0.5, 0.6) is 0 Å². The summed E-state index contributed by atoms with van der Waals surface area (Å²) < 4.78 is 0. The van der Waals surface area contributed by atoms with E-state index in [9.17, 15) is 28.8 Å². The molecule has 0 saturated carbocycles. The maximum Gasteiger partial charge on any atom is 0.326 e. The summed E-state index contributed by atoms with van der Waals surface area (Å²) in [5, 5.41) is 24.9. The van der Waals surface area contributed by atoms with Crippen molar-refractivity contribution in [3.63, 3.8) is 0 Å². The maximum absolute atomic E-state index is 12.8. The highest BCUT2D eigenvalue weighted by molar-refractivity contribution is 7.98. The van der Waals surface area contributed by atoms with Crippen LogP contribution in [0.25, 0.3) is 0 Å². The van der Waals surface area contributed by atoms with Gasteiger partial charge in [-0.15, -0.1) is 0 Å². The van der Waals surface area contributed by atoms with Gasteiger partial charge in [-0.25, -0.2) is 4.79 Å². The molecule has 0 aliphatic rings. The van der Waals surface area contributed by atoms with Crippen LogP contribution in [0.3, 0.4) is 0 Å². The molecule has 0 heterocycles. The van der Waals surface area contributed by atoms with Gasteiger partial charge in [-0.05, 0) is 30.8 Å². The van der Waals surface area contributed by atoms with Crippen LogP contribution < -0.4 is 27.4 Å². The minimum absolute atomic E-state index is 0.147. The fraction of sp³-hybridized carbons (Fsp3) is 0.684. The molecule has 9 N–H and O–H groups in total. The molecular formula is C19H33N5O8S. The minimum atomic E-state index is -1.70. The van der Waals surface area contributed by atoms with Crippen LogP contribution in [0, 0.1) is 5.92 Å². The SMILES string of the molecule is CSCCC(N)C(=O)NC(CCC(N)=O)C(=O)NC(C(=O)NC(CC(=O)O)C(=O)O)C(C)C. The molecule has 0 aliphatic heterocycles. The third-order valence-electron chi connectivity index (χ3n) is 4.52. The van der Waals surface area contributed by atoms with E-state index in [0.29, 0.717) is 12.2 Å². The summed E-state index contributed by atoms with van der Waals surface area (Å²) in [6.45, 7) is 3.15. The average Bonchev–Trinajstić information content (AvgIpc) is 2.71. The number of aliphatic carboxylic acids is 2. The fourth-order valence-corrected chi connectivity index (χ4v) is 3.12. The lowest BCUT2D eigenvalue weighted by atomic mass is 10.0. The Hall–Kier alpha value is -2.87. The summed E-state index contributed by atoms with van der Waals surface area (Å²) in [6, 6.07) is -5.06. The molecule has 0 aliphatic carbocycles. The second kappa shape index (κ2) is 15.1. The zero-order chi connectivity index (χ0) is 25.7. The first kappa shape index (κ1) is 30.1. The van der Waals surface area contributed by atoms with Gasteiger partial charge in [0.2, 0.25) is 23.6 Å². The zero-order valence-corrected chi connectivity index (χ0v) is 19.6. The van der Waals surface area contributed by atoms with Crippen molar-refractivity contribution in [2.45, 2.75) is 63.7 Å². The largest absolute Gasteiger partial charge is 0.481 e. The second-order valence-corrected chi connectivity index (χ2v) is 8.67. The molecule has 14 heteroatoms. The van der Waals surface area contributed by atoms with Gasteiger partial charge in [0.1, 0.15) is 18.1 Å². The summed E-state index contributed by atoms with van der Waals surface area (Å²) in [5.41, 5.74) is 11.0. The predicted octanol–water partition coefficient (Wildman–Crippen LogP) is -2.00. The molecule has 0 bridgehead atoms. The van der Waals surface area contributed by atoms with Crippen molar-refractivity contribution in [3.05, 3.63) is 0 Å². The number of nitrogens with one attached hydrogen (secondary N) is 3. The van der Waals surface area contributed by atoms with E-state index in [1.807, 2.05) is 6.26 Å². The monoisotopic (exact) mass is 491 g/mol. The molecule has 0 radical (unpaired) electrons. The number of nitrogens with two attached hydrogens (primary N) is 2. The van der Waals surface area contributed by atoms with Gasteiger partial charge in [-0.3, -0.25) is 24.0 Å². The number of carboxylic acid groups (broad SMARTS) is 2. The highest BCUT2D eigenvalue weighted by Crippen LogP contribution is 2.07. The molecule has 4 atom stereocenters. The molecule has 4 unspecified atom stereocenters. The van der Waals surface area contributed by atoms with Crippen LogP contribution in [0.15, 0.2) is 0 Å². The minimum Gasteiger partial charge on any atom is -0.481 e. The summed E-state index contributed by atoms with van der Waals surface area (Å²) >= 11 is 1.49. The highest BCUT2D eigenvalue weighted by Gasteiger charge is 2.32. The van der Waals surface area contributed by atoms with Crippen molar-refractivity contribution in [1.82, 2.24) is 16.0 Å². The average molecular weight is 492 g/mol. The van der Waals surface area contributed by atoms with Crippen LogP contribution in [-0.4, -0.2) is 82.0 Å². The molecule has 188 valence electrons. The number of carboxylic acids is 2. The first-order valence-electron chi connectivity index (χ1n) is 10.2. The van der Waals surface area contributed by atoms with Gasteiger partial charge in [0.15, 0.2) is 0 Å². The molecule has 0 aromatic rings. The van der Waals surface area contributed by atoms with E-state index in [1.165, 1.54) is 11.8 Å². The van der Waals surface area contributed by atoms with Crippen molar-refractivity contribution in [2.24, 2.45) is 17.4 Å². The molecule has 0 rings (SSSR count). The van der Waals surface area contributed by atoms with Gasteiger partial charge in [0.25, 0.3) is 0 Å². The van der Waals surface area contributed by atoms with Crippen LogP contribution in [0.2, 0.25) is 0 Å². The quantitative estimate of drug-likeness (QED) is 0.125. The Bertz CT molecular complexity index is 733. The van der Waals surface area contributed by atoms with Crippen molar-refractivity contribution in [3.8, 4) is 0 Å². The molecule has 13 nitrogen and oxygen atoms in total. The van der Waals surface area contributed by atoms with Gasteiger partial charge < -0.3 is 37.6 Å². The van der Waals surface area contributed by atoms with Crippen LogP contribution in [0.4, 0.5) is 0 Å². The van der Waals surface area contributed by atoms with Gasteiger partial charge in [-0.1, -0.05) is 13.8 Å². The van der Waals surface area contributed by atoms with Crippen LogP contribution in [0.1, 0.15) is 39.5 Å². The Labute approximate surface area is 195 Å². The number of hydrogen-bond acceptors (Lipinski definition) is 8. The second-order valence-electron chi connectivity index (χ2n) is 7.68. The third-order valence-corrected chi connectivity index (χ3v) is 5.17. The number of carbonyl (C=O) groups excluding carboxylic acids is 4. The molecule has 0 aromatic carbocycles. The Morgan fingerprint density at radius 2 is 1.45 bits per heavy atom. The predicted molar refractivity (Wildman–Crippen MR) is 120 cm³/mol. The number of amides is 4. The number of primary amides is 1. The lowest BCUT2D eigenvalue weighted by Gasteiger charge is -2.26. The van der Waals surface area contributed by atoms with Crippen molar-refractivity contribution < 1.29 is 39.0 Å². The van der Waals surface area contributed by atoms with E-state index in [2.05, 4.69) is 16.0 Å². The number of carbonyl (C=O) groups is 6. The smallest absolute Gasteiger partial charge is 0.326 e. The summed E-state index contributed by atoms with van der Waals surface area (Å²) in [6.07, 6.45) is 0.970. The van der Waals surface area contributed by atoms with E-state index in [4.69, 9.17) is 21.7 Å². The molecule has 0 aromatic heterocycles. The summed E-state index contributed by atoms with van der Waals surface area (Å²) in [4.78, 5) is 71.0. The van der Waals surface area contributed by atoms with Gasteiger partial charge >= 0.3 is 11.9 Å². The Balaban J connectivity index is 5.45. The van der Waals surface area contributed by atoms with Crippen molar-refractivity contribution >= 4 is 47.3 Å². The number of hydrogen-bond donors (Lipinski definition) is 7. The third kappa shape index (κ3) is 12.1. The normalized spacial score (nSPS) is 14.5. The highest BCUT2D eigenvalue weighted by atomic mass is 32.2. The Morgan fingerprint density at radius 3 is 1.91 bits per heavy atom. The fourth-order valence-electron chi connectivity index (χ4n) is 2.64. The lowest BCUT2D eigenvalue weighted by Crippen LogP contribution is -2.58. The van der Waals surface area contributed by atoms with E-state index in [1.54, 1.807) is 13.8 Å². The number of thioether (sulfide) groups is 1. The molecule has 0 fully saturated rings. The van der Waals surface area contributed by atoms with E-state index >= 15 is 0 Å². The summed E-state index contributed by atoms with van der Waals surface area (Å²) in [7, 11) is 0. The Morgan fingerprint density at radius 1 is 0.879 bits per heavy atom. The van der Waals surface area contributed by atoms with Crippen LogP contribution >= 0.6 is 11.8 Å². The molecule has 0 saturated heterocycles. The molecular weight excluding hydrogens is 458 g/mol. The van der Waals surface area contributed by atoms with Crippen LogP contribution in [-0.2, 0) is 28.8 Å². The molecule has 33 heavy (non-hydrogen) atoms. The topological polar surface area (TPSA) is 231 Å². The lowest BCUT2D eigenvalue weighted by molar-refractivity contribution is -0.147. The number of rotatable bonds is 16. The maximum atomic E-state index is 12.8. The van der Waals surface area contributed by atoms with Crippen molar-refractivity contribution in [2.75, 3.05) is 12.0 Å². The summed E-state index contributed by atoms with van der Waals surface area (Å²) in [5.74, 6) is -5.93. The Kier molecular flexibility index (Phi) is 13.7. The van der Waals surface area contributed by atoms with E-state index < -0.39 is 72.1 Å². The van der Waals surface area contributed by atoms with E-state index in [-0.39, 0.29) is 12.8 Å². The molecule has 0 spiro atoms. The standard InChI is InChI=1S/C19H33N5O8S/c1-9(2)15(18(30)23-12(19(31)32)8-14(26)27)24-17(29)11(4-5-13(21)25)22-16(28)10(20)6-7-33-3/h9-12,15H,4-8,20H2,1-3H3,(H2,21,25)(H,22,28)(H,23,30)(H,24,29)(H,26,27)(H,31,32). The van der Waals surface area contributed by atoms with Gasteiger partial charge in [0.05, 0.1) is 12.5 Å². The molecule has 4 amide bonds.